The summed E-state index contributed by atoms with van der Waals surface area (Å²) >= 11 is 2.84. The van der Waals surface area contributed by atoms with Gasteiger partial charge in [0.05, 0.1) is 24.7 Å². The molecule has 4 rings (SSSR count). The van der Waals surface area contributed by atoms with Gasteiger partial charge in [-0.05, 0) is 74.0 Å². The Labute approximate surface area is 230 Å². The summed E-state index contributed by atoms with van der Waals surface area (Å²) in [6, 6.07) is 22.2. The Morgan fingerprint density at radius 3 is 2.50 bits per heavy atom. The molecule has 4 aromatic rings. The summed E-state index contributed by atoms with van der Waals surface area (Å²) in [5, 5.41) is 8.03. The summed E-state index contributed by atoms with van der Waals surface area (Å²) in [5.41, 5.74) is 2.91. The van der Waals surface area contributed by atoms with Crippen molar-refractivity contribution in [3.8, 4) is 22.8 Å². The lowest BCUT2D eigenvalue weighted by molar-refractivity contribution is -0.115. The molecule has 0 spiro atoms. The zero-order valence-corrected chi connectivity index (χ0v) is 23.0. The minimum Gasteiger partial charge on any atom is -0.497 e. The topological polar surface area (TPSA) is 89.6 Å². The second kappa shape index (κ2) is 13.1. The number of nitrogens with zero attached hydrogens (tertiary/aromatic N) is 1. The molecule has 1 heterocycles. The van der Waals surface area contributed by atoms with Gasteiger partial charge in [-0.3, -0.25) is 9.59 Å². The Kier molecular flexibility index (Phi) is 9.40. The Bertz CT molecular complexity index is 1390. The average Bonchev–Trinajstić information content (AvgIpc) is 3.41. The van der Waals surface area contributed by atoms with Gasteiger partial charge in [0.1, 0.15) is 11.5 Å². The van der Waals surface area contributed by atoms with Crippen molar-refractivity contribution in [1.82, 2.24) is 4.98 Å². The minimum absolute atomic E-state index is 0.115. The third kappa shape index (κ3) is 7.14. The number of rotatable bonds is 11. The van der Waals surface area contributed by atoms with Crippen LogP contribution in [0.5, 0.6) is 11.5 Å². The molecule has 1 unspecified atom stereocenters. The van der Waals surface area contributed by atoms with Gasteiger partial charge in [-0.15, -0.1) is 23.1 Å². The summed E-state index contributed by atoms with van der Waals surface area (Å²) in [5.74, 6) is 1.08. The summed E-state index contributed by atoms with van der Waals surface area (Å²) in [4.78, 5) is 31.2. The van der Waals surface area contributed by atoms with Crippen LogP contribution in [-0.2, 0) is 4.79 Å². The van der Waals surface area contributed by atoms with E-state index in [0.29, 0.717) is 35.2 Å². The number of hydrogen-bond acceptors (Lipinski definition) is 7. The van der Waals surface area contributed by atoms with Crippen molar-refractivity contribution in [2.24, 2.45) is 0 Å². The summed E-state index contributed by atoms with van der Waals surface area (Å²) in [6.45, 7) is 4.54. The molecule has 0 aliphatic rings. The molecule has 9 heteroatoms. The predicted octanol–water partition coefficient (Wildman–Crippen LogP) is 6.98. The minimum atomic E-state index is -0.322. The van der Waals surface area contributed by atoms with Gasteiger partial charge >= 0.3 is 0 Å². The quantitative estimate of drug-likeness (QED) is 0.197. The van der Waals surface area contributed by atoms with Crippen molar-refractivity contribution >= 4 is 45.7 Å². The van der Waals surface area contributed by atoms with Crippen LogP contribution in [0.25, 0.3) is 11.3 Å². The van der Waals surface area contributed by atoms with E-state index in [1.807, 2.05) is 67.8 Å². The Morgan fingerprint density at radius 1 is 0.974 bits per heavy atom. The van der Waals surface area contributed by atoms with Crippen LogP contribution in [0.3, 0.4) is 0 Å². The van der Waals surface area contributed by atoms with E-state index in [4.69, 9.17) is 9.47 Å². The summed E-state index contributed by atoms with van der Waals surface area (Å²) in [6.07, 6.45) is 0.633. The number of aromatic nitrogens is 1. The molecule has 3 aromatic carbocycles. The molecule has 2 N–H and O–H groups in total. The van der Waals surface area contributed by atoms with Gasteiger partial charge in [-0.2, -0.15) is 0 Å². The van der Waals surface area contributed by atoms with Crippen molar-refractivity contribution in [2.75, 3.05) is 24.4 Å². The normalized spacial score (nSPS) is 11.4. The maximum atomic E-state index is 13.1. The van der Waals surface area contributed by atoms with Crippen molar-refractivity contribution in [1.29, 1.82) is 0 Å². The first-order valence-corrected chi connectivity index (χ1v) is 14.0. The highest BCUT2D eigenvalue weighted by atomic mass is 32.2. The van der Waals surface area contributed by atoms with Crippen molar-refractivity contribution in [3.63, 3.8) is 0 Å². The van der Waals surface area contributed by atoms with Crippen LogP contribution >= 0.6 is 23.1 Å². The fraction of sp³-hybridized carbons (Fsp3) is 0.207. The number of thiazole rings is 1. The van der Waals surface area contributed by atoms with Gasteiger partial charge in [0.25, 0.3) is 5.91 Å². The molecule has 2 amide bonds. The molecule has 0 saturated carbocycles. The lowest BCUT2D eigenvalue weighted by atomic mass is 10.2. The van der Waals surface area contributed by atoms with E-state index in [9.17, 15) is 9.59 Å². The number of nitrogens with one attached hydrogen (secondary N) is 2. The maximum absolute atomic E-state index is 13.1. The van der Waals surface area contributed by atoms with Gasteiger partial charge < -0.3 is 20.1 Å². The molecule has 1 aromatic heterocycles. The van der Waals surface area contributed by atoms with Crippen molar-refractivity contribution in [3.05, 3.63) is 83.7 Å². The van der Waals surface area contributed by atoms with Crippen molar-refractivity contribution < 1.29 is 19.1 Å². The molecule has 7 nitrogen and oxygen atoms in total. The van der Waals surface area contributed by atoms with E-state index in [1.54, 1.807) is 31.4 Å². The summed E-state index contributed by atoms with van der Waals surface area (Å²) in [7, 11) is 1.56. The smallest absolute Gasteiger partial charge is 0.255 e. The lowest BCUT2D eigenvalue weighted by Crippen LogP contribution is -2.24. The van der Waals surface area contributed by atoms with Crippen LogP contribution in [0.15, 0.2) is 83.1 Å². The standard InChI is InChI=1S/C29H29N3O4S2/c1-4-26(28(34)32-29-31-25(18-37-29)19-12-14-22(15-13-19)36-5-2)38-24-11-7-9-21(17-24)30-27(33)20-8-6-10-23(16-20)35-3/h6-18,26H,4-5H2,1-3H3,(H,30,33)(H,31,32,34). The molecule has 38 heavy (non-hydrogen) atoms. The molecular weight excluding hydrogens is 518 g/mol. The predicted molar refractivity (Wildman–Crippen MR) is 155 cm³/mol. The van der Waals surface area contributed by atoms with E-state index in [2.05, 4.69) is 15.6 Å². The van der Waals surface area contributed by atoms with Gasteiger partial charge in [0.15, 0.2) is 5.13 Å². The van der Waals surface area contributed by atoms with E-state index >= 15 is 0 Å². The van der Waals surface area contributed by atoms with E-state index < -0.39 is 0 Å². The summed E-state index contributed by atoms with van der Waals surface area (Å²) < 4.78 is 10.7. The third-order valence-corrected chi connectivity index (χ3v) is 7.68. The fourth-order valence-corrected chi connectivity index (χ4v) is 5.38. The molecule has 196 valence electrons. The Morgan fingerprint density at radius 2 is 1.76 bits per heavy atom. The van der Waals surface area contributed by atoms with Gasteiger partial charge in [-0.25, -0.2) is 4.98 Å². The van der Waals surface area contributed by atoms with Crippen LogP contribution in [0.4, 0.5) is 10.8 Å². The number of ether oxygens (including phenoxy) is 2. The second-order valence-corrected chi connectivity index (χ2v) is 10.3. The molecule has 1 atom stereocenters. The highest BCUT2D eigenvalue weighted by Gasteiger charge is 2.20. The number of benzene rings is 3. The number of anilines is 2. The second-order valence-electron chi connectivity index (χ2n) is 8.21. The monoisotopic (exact) mass is 547 g/mol. The fourth-order valence-electron chi connectivity index (χ4n) is 3.64. The zero-order chi connectivity index (χ0) is 26.9. The number of carbonyl (C=O) groups is 2. The van der Waals surface area contributed by atoms with Crippen LogP contribution < -0.4 is 20.1 Å². The van der Waals surface area contributed by atoms with Crippen molar-refractivity contribution in [2.45, 2.75) is 30.4 Å². The van der Waals surface area contributed by atoms with E-state index in [0.717, 1.165) is 21.9 Å². The highest BCUT2D eigenvalue weighted by molar-refractivity contribution is 8.00. The lowest BCUT2D eigenvalue weighted by Gasteiger charge is -2.14. The highest BCUT2D eigenvalue weighted by Crippen LogP contribution is 2.31. The number of carbonyl (C=O) groups excluding carboxylic acids is 2. The molecule has 0 radical (unpaired) electrons. The average molecular weight is 548 g/mol. The molecule has 0 fully saturated rings. The molecule has 0 aliphatic heterocycles. The van der Waals surface area contributed by atoms with Gasteiger partial charge in [0.2, 0.25) is 5.91 Å². The Hall–Kier alpha value is -3.82. The first-order chi connectivity index (χ1) is 18.5. The first-order valence-electron chi connectivity index (χ1n) is 12.2. The SMILES string of the molecule is CCOc1ccc(-c2csc(NC(=O)C(CC)Sc3cccc(NC(=O)c4cccc(OC)c4)c3)n2)cc1. The Balaban J connectivity index is 1.38. The largest absolute Gasteiger partial charge is 0.497 e. The van der Waals surface area contributed by atoms with E-state index in [1.165, 1.54) is 23.1 Å². The number of hydrogen-bond donors (Lipinski definition) is 2. The van der Waals surface area contributed by atoms with Crippen LogP contribution in [0.2, 0.25) is 0 Å². The number of methoxy groups -OCH3 is 1. The van der Waals surface area contributed by atoms with Gasteiger partial charge in [0, 0.05) is 27.1 Å². The number of thioether (sulfide) groups is 1. The van der Waals surface area contributed by atoms with Crippen LogP contribution in [0.1, 0.15) is 30.6 Å². The first kappa shape index (κ1) is 27.2. The molecule has 0 aliphatic carbocycles. The zero-order valence-electron chi connectivity index (χ0n) is 21.4. The molecular formula is C29H29N3O4S2. The molecule has 0 bridgehead atoms. The van der Waals surface area contributed by atoms with E-state index in [-0.39, 0.29) is 17.1 Å². The van der Waals surface area contributed by atoms with Crippen LogP contribution in [-0.4, -0.2) is 35.8 Å². The van der Waals surface area contributed by atoms with Crippen LogP contribution in [0, 0.1) is 0 Å². The third-order valence-electron chi connectivity index (χ3n) is 5.56. The number of amides is 2. The maximum Gasteiger partial charge on any atom is 0.255 e. The molecule has 0 saturated heterocycles. The van der Waals surface area contributed by atoms with Gasteiger partial charge in [-0.1, -0.05) is 19.1 Å².